The maximum Gasteiger partial charge on any atom is 0.254 e. The zero-order chi connectivity index (χ0) is 14.4. The maximum absolute atomic E-state index is 11.9. The van der Waals surface area contributed by atoms with E-state index in [0.717, 1.165) is 31.2 Å². The molecule has 0 unspecified atom stereocenters. The van der Waals surface area contributed by atoms with Gasteiger partial charge in [-0.2, -0.15) is 5.10 Å². The number of rotatable bonds is 6. The molecule has 5 heteroatoms. The third kappa shape index (κ3) is 4.07. The van der Waals surface area contributed by atoms with Crippen molar-refractivity contribution in [1.82, 2.24) is 20.4 Å². The van der Waals surface area contributed by atoms with Crippen molar-refractivity contribution in [3.05, 3.63) is 17.5 Å². The van der Waals surface area contributed by atoms with Gasteiger partial charge in [0.2, 0.25) is 0 Å². The van der Waals surface area contributed by atoms with Crippen LogP contribution in [0.4, 0.5) is 0 Å². The summed E-state index contributed by atoms with van der Waals surface area (Å²) in [5.74, 6) is -0.0310. The van der Waals surface area contributed by atoms with Gasteiger partial charge in [-0.05, 0) is 39.8 Å². The summed E-state index contributed by atoms with van der Waals surface area (Å²) in [5, 5.41) is 9.61. The number of aryl methyl sites for hydroxylation is 1. The Bertz CT molecular complexity index is 423. The van der Waals surface area contributed by atoms with E-state index in [4.69, 9.17) is 0 Å². The predicted octanol–water partition coefficient (Wildman–Crippen LogP) is 2.10. The number of amides is 1. The quantitative estimate of drug-likeness (QED) is 0.783. The minimum absolute atomic E-state index is 0.0310. The molecule has 5 nitrogen and oxygen atoms in total. The molecule has 2 N–H and O–H groups in total. The Hall–Kier alpha value is -1.36. The van der Waals surface area contributed by atoms with E-state index in [1.54, 1.807) is 6.20 Å². The van der Waals surface area contributed by atoms with Gasteiger partial charge >= 0.3 is 0 Å². The molecule has 1 fully saturated rings. The Labute approximate surface area is 121 Å². The van der Waals surface area contributed by atoms with Crippen molar-refractivity contribution in [2.45, 2.75) is 51.5 Å². The molecule has 0 spiro atoms. The molecule has 1 aliphatic rings. The second-order valence-corrected chi connectivity index (χ2v) is 5.79. The number of hydrogen-bond donors (Lipinski definition) is 2. The highest BCUT2D eigenvalue weighted by Gasteiger charge is 2.17. The zero-order valence-electron chi connectivity index (χ0n) is 12.6. The summed E-state index contributed by atoms with van der Waals surface area (Å²) in [6.07, 6.45) is 9.37. The minimum Gasteiger partial charge on any atom is -0.352 e. The number of H-pyrrole nitrogens is 1. The maximum atomic E-state index is 11.9. The first kappa shape index (κ1) is 15.0. The number of carbonyl (C=O) groups excluding carboxylic acids is 1. The standard InChI is InChI=1S/C15H26N4O/c1-12-14(11-17-18-12)15(20)16-9-6-10-19(2)13-7-4-3-5-8-13/h11,13H,3-10H2,1-2H3,(H,16,20)(H,17,18). The first-order chi connectivity index (χ1) is 9.68. The summed E-state index contributed by atoms with van der Waals surface area (Å²) in [6, 6.07) is 0.746. The third-order valence-electron chi connectivity index (χ3n) is 4.25. The van der Waals surface area contributed by atoms with Crippen molar-refractivity contribution in [3.63, 3.8) is 0 Å². The topological polar surface area (TPSA) is 61.0 Å². The fraction of sp³-hybridized carbons (Fsp3) is 0.733. The molecule has 0 radical (unpaired) electrons. The van der Waals surface area contributed by atoms with Crippen LogP contribution in [0.1, 0.15) is 54.6 Å². The van der Waals surface area contributed by atoms with E-state index in [-0.39, 0.29) is 5.91 Å². The molecular formula is C15H26N4O. The van der Waals surface area contributed by atoms with Crippen LogP contribution in [0.25, 0.3) is 0 Å². The van der Waals surface area contributed by atoms with Crippen LogP contribution < -0.4 is 5.32 Å². The average molecular weight is 278 g/mol. The summed E-state index contributed by atoms with van der Waals surface area (Å²) < 4.78 is 0. The Balaban J connectivity index is 1.63. The fourth-order valence-corrected chi connectivity index (χ4v) is 2.91. The first-order valence-electron chi connectivity index (χ1n) is 7.67. The normalized spacial score (nSPS) is 16.6. The Kier molecular flexibility index (Phi) is 5.59. The first-order valence-corrected chi connectivity index (χ1v) is 7.67. The summed E-state index contributed by atoms with van der Waals surface area (Å²) in [5.41, 5.74) is 1.47. The number of hydrogen-bond acceptors (Lipinski definition) is 3. The molecule has 0 atom stereocenters. The second-order valence-electron chi connectivity index (χ2n) is 5.79. The van der Waals surface area contributed by atoms with Gasteiger partial charge in [-0.1, -0.05) is 19.3 Å². The van der Waals surface area contributed by atoms with Crippen molar-refractivity contribution in [2.24, 2.45) is 0 Å². The van der Waals surface area contributed by atoms with Gasteiger partial charge in [0.1, 0.15) is 0 Å². The van der Waals surface area contributed by atoms with Crippen LogP contribution in [0.5, 0.6) is 0 Å². The Morgan fingerprint density at radius 3 is 2.85 bits per heavy atom. The number of nitrogens with one attached hydrogen (secondary N) is 2. The molecule has 112 valence electrons. The minimum atomic E-state index is -0.0310. The van der Waals surface area contributed by atoms with Crippen molar-refractivity contribution >= 4 is 5.91 Å². The molecule has 0 bridgehead atoms. The van der Waals surface area contributed by atoms with E-state index in [0.29, 0.717) is 5.56 Å². The van der Waals surface area contributed by atoms with Gasteiger partial charge in [-0.3, -0.25) is 9.89 Å². The van der Waals surface area contributed by atoms with E-state index in [2.05, 4.69) is 27.5 Å². The molecule has 0 saturated heterocycles. The molecule has 1 aliphatic carbocycles. The highest BCUT2D eigenvalue weighted by Crippen LogP contribution is 2.21. The molecule has 1 amide bonds. The van der Waals surface area contributed by atoms with Crippen LogP contribution in [0.2, 0.25) is 0 Å². The van der Waals surface area contributed by atoms with E-state index in [1.807, 2.05) is 6.92 Å². The van der Waals surface area contributed by atoms with Gasteiger partial charge in [0.05, 0.1) is 11.8 Å². The SMILES string of the molecule is Cc1[nH]ncc1C(=O)NCCCN(C)C1CCCCC1. The molecule has 1 aromatic rings. The lowest BCUT2D eigenvalue weighted by molar-refractivity contribution is 0.0950. The van der Waals surface area contributed by atoms with E-state index in [9.17, 15) is 4.79 Å². The van der Waals surface area contributed by atoms with Crippen LogP contribution in [0.3, 0.4) is 0 Å². The van der Waals surface area contributed by atoms with Gasteiger partial charge in [0.15, 0.2) is 0 Å². The molecule has 1 saturated carbocycles. The predicted molar refractivity (Wildman–Crippen MR) is 79.8 cm³/mol. The van der Waals surface area contributed by atoms with Gasteiger partial charge in [-0.15, -0.1) is 0 Å². The molecule has 20 heavy (non-hydrogen) atoms. The van der Waals surface area contributed by atoms with Gasteiger partial charge in [0.25, 0.3) is 5.91 Å². The summed E-state index contributed by atoms with van der Waals surface area (Å²) in [4.78, 5) is 14.3. The van der Waals surface area contributed by atoms with Crippen molar-refractivity contribution < 1.29 is 4.79 Å². The number of aromatic nitrogens is 2. The molecular weight excluding hydrogens is 252 g/mol. The van der Waals surface area contributed by atoms with Gasteiger partial charge in [-0.25, -0.2) is 0 Å². The monoisotopic (exact) mass is 278 g/mol. The highest BCUT2D eigenvalue weighted by molar-refractivity contribution is 5.94. The van der Waals surface area contributed by atoms with Crippen LogP contribution in [0, 0.1) is 6.92 Å². The summed E-state index contributed by atoms with van der Waals surface area (Å²) in [6.45, 7) is 3.63. The fourth-order valence-electron chi connectivity index (χ4n) is 2.91. The lowest BCUT2D eigenvalue weighted by atomic mass is 9.94. The van der Waals surface area contributed by atoms with E-state index < -0.39 is 0 Å². The Morgan fingerprint density at radius 1 is 1.45 bits per heavy atom. The van der Waals surface area contributed by atoms with E-state index in [1.165, 1.54) is 32.1 Å². The molecule has 1 heterocycles. The molecule has 0 aromatic carbocycles. The van der Waals surface area contributed by atoms with Crippen LogP contribution >= 0.6 is 0 Å². The summed E-state index contributed by atoms with van der Waals surface area (Å²) >= 11 is 0. The second kappa shape index (κ2) is 7.43. The lowest BCUT2D eigenvalue weighted by Gasteiger charge is -2.31. The molecule has 0 aliphatic heterocycles. The summed E-state index contributed by atoms with van der Waals surface area (Å²) in [7, 11) is 2.21. The smallest absolute Gasteiger partial charge is 0.254 e. The number of nitrogens with zero attached hydrogens (tertiary/aromatic N) is 2. The van der Waals surface area contributed by atoms with Crippen molar-refractivity contribution in [3.8, 4) is 0 Å². The van der Waals surface area contributed by atoms with Gasteiger partial charge < -0.3 is 10.2 Å². The Morgan fingerprint density at radius 2 is 2.20 bits per heavy atom. The van der Waals surface area contributed by atoms with Crippen molar-refractivity contribution in [2.75, 3.05) is 20.1 Å². The number of aromatic amines is 1. The average Bonchev–Trinajstić information content (AvgIpc) is 2.90. The molecule has 1 aromatic heterocycles. The third-order valence-corrected chi connectivity index (χ3v) is 4.25. The lowest BCUT2D eigenvalue weighted by Crippen LogP contribution is -2.35. The number of carbonyl (C=O) groups is 1. The molecule has 2 rings (SSSR count). The van der Waals surface area contributed by atoms with E-state index >= 15 is 0 Å². The van der Waals surface area contributed by atoms with Crippen LogP contribution in [0.15, 0.2) is 6.20 Å². The largest absolute Gasteiger partial charge is 0.352 e. The highest BCUT2D eigenvalue weighted by atomic mass is 16.1. The van der Waals surface area contributed by atoms with Crippen molar-refractivity contribution in [1.29, 1.82) is 0 Å². The van der Waals surface area contributed by atoms with Crippen LogP contribution in [-0.4, -0.2) is 47.2 Å². The van der Waals surface area contributed by atoms with Crippen LogP contribution in [-0.2, 0) is 0 Å². The van der Waals surface area contributed by atoms with Gasteiger partial charge in [0, 0.05) is 18.3 Å². The zero-order valence-corrected chi connectivity index (χ0v) is 12.6.